The maximum atomic E-state index is 12.1. The number of hydrogen-bond acceptors (Lipinski definition) is 3. The first kappa shape index (κ1) is 12.9. The summed E-state index contributed by atoms with van der Waals surface area (Å²) >= 11 is 1.46. The second kappa shape index (κ2) is 4.99. The molecule has 0 aliphatic heterocycles. The smallest absolute Gasteiger partial charge is 0.406 e. The van der Waals surface area contributed by atoms with E-state index >= 15 is 0 Å². The van der Waals surface area contributed by atoms with Gasteiger partial charge in [0.25, 0.3) is 0 Å². The van der Waals surface area contributed by atoms with Gasteiger partial charge >= 0.3 is 6.36 Å². The van der Waals surface area contributed by atoms with Crippen LogP contribution in [-0.2, 0) is 0 Å². The van der Waals surface area contributed by atoms with Crippen LogP contribution in [0.4, 0.5) is 13.2 Å². The summed E-state index contributed by atoms with van der Waals surface area (Å²) in [5.74, 6) is -0.257. The van der Waals surface area contributed by atoms with Crippen LogP contribution in [0.5, 0.6) is 5.75 Å². The van der Waals surface area contributed by atoms with Crippen LogP contribution in [0.2, 0.25) is 0 Å². The van der Waals surface area contributed by atoms with Crippen molar-refractivity contribution < 1.29 is 17.9 Å². The highest BCUT2D eigenvalue weighted by molar-refractivity contribution is 7.10. The van der Waals surface area contributed by atoms with Crippen LogP contribution in [0, 0.1) is 0 Å². The van der Waals surface area contributed by atoms with Crippen molar-refractivity contribution in [3.8, 4) is 5.75 Å². The zero-order valence-corrected chi connectivity index (χ0v) is 9.96. The van der Waals surface area contributed by atoms with Crippen LogP contribution in [-0.4, -0.2) is 6.36 Å². The molecule has 0 spiro atoms. The Morgan fingerprint density at radius 2 is 1.94 bits per heavy atom. The van der Waals surface area contributed by atoms with E-state index < -0.39 is 12.4 Å². The standard InChI is InChI=1S/C12H10F3NOS/c13-12(14,15)17-9-4-1-3-8(7-9)11(16)10-5-2-6-18-10/h1-7,11H,16H2/t11-/m1/s1. The summed E-state index contributed by atoms with van der Waals surface area (Å²) in [5.41, 5.74) is 6.55. The molecule has 2 N–H and O–H groups in total. The van der Waals surface area contributed by atoms with Crippen molar-refractivity contribution in [1.82, 2.24) is 0 Å². The van der Waals surface area contributed by atoms with Crippen molar-refractivity contribution in [2.45, 2.75) is 12.4 Å². The fraction of sp³-hybridized carbons (Fsp3) is 0.167. The zero-order valence-electron chi connectivity index (χ0n) is 9.15. The molecule has 1 heterocycles. The number of ether oxygens (including phenoxy) is 1. The largest absolute Gasteiger partial charge is 0.573 e. The first-order chi connectivity index (χ1) is 8.46. The topological polar surface area (TPSA) is 35.2 Å². The number of benzene rings is 1. The molecular weight excluding hydrogens is 263 g/mol. The summed E-state index contributed by atoms with van der Waals surface area (Å²) < 4.78 is 40.1. The molecule has 18 heavy (non-hydrogen) atoms. The summed E-state index contributed by atoms with van der Waals surface area (Å²) in [6.45, 7) is 0. The van der Waals surface area contributed by atoms with E-state index in [4.69, 9.17) is 5.73 Å². The Morgan fingerprint density at radius 1 is 1.17 bits per heavy atom. The van der Waals surface area contributed by atoms with Crippen molar-refractivity contribution in [2.24, 2.45) is 5.73 Å². The lowest BCUT2D eigenvalue weighted by Gasteiger charge is -2.13. The van der Waals surface area contributed by atoms with E-state index in [9.17, 15) is 13.2 Å². The number of thiophene rings is 1. The Balaban J connectivity index is 2.22. The summed E-state index contributed by atoms with van der Waals surface area (Å²) in [4.78, 5) is 0.888. The Morgan fingerprint density at radius 3 is 2.56 bits per heavy atom. The molecule has 2 aromatic rings. The third-order valence-corrected chi connectivity index (χ3v) is 3.26. The molecule has 96 valence electrons. The molecular formula is C12H10F3NOS. The van der Waals surface area contributed by atoms with Gasteiger partial charge in [0.15, 0.2) is 0 Å². The molecule has 2 rings (SSSR count). The normalized spacial score (nSPS) is 13.3. The van der Waals surface area contributed by atoms with Crippen LogP contribution in [0.1, 0.15) is 16.5 Å². The minimum atomic E-state index is -4.69. The lowest BCUT2D eigenvalue weighted by Crippen LogP contribution is -2.17. The van der Waals surface area contributed by atoms with Gasteiger partial charge in [-0.3, -0.25) is 0 Å². The average Bonchev–Trinajstić information content (AvgIpc) is 2.79. The molecule has 1 aromatic carbocycles. The second-order valence-electron chi connectivity index (χ2n) is 3.61. The molecule has 0 saturated carbocycles. The van der Waals surface area contributed by atoms with Gasteiger partial charge in [-0.15, -0.1) is 24.5 Å². The molecule has 6 heteroatoms. The Kier molecular flexibility index (Phi) is 3.58. The highest BCUT2D eigenvalue weighted by atomic mass is 32.1. The third kappa shape index (κ3) is 3.24. The first-order valence-corrected chi connectivity index (χ1v) is 5.98. The Bertz CT molecular complexity index is 510. The number of rotatable bonds is 3. The van der Waals surface area contributed by atoms with Crippen molar-refractivity contribution in [3.05, 3.63) is 52.2 Å². The van der Waals surface area contributed by atoms with Crippen LogP contribution in [0.15, 0.2) is 41.8 Å². The third-order valence-electron chi connectivity index (χ3n) is 2.30. The highest BCUT2D eigenvalue weighted by Crippen LogP contribution is 2.28. The SMILES string of the molecule is N[C@H](c1cccc(OC(F)(F)F)c1)c1cccs1. The molecule has 0 radical (unpaired) electrons. The predicted octanol–water partition coefficient (Wildman–Crippen LogP) is 3.69. The number of nitrogens with two attached hydrogens (primary N) is 1. The minimum absolute atomic E-state index is 0.257. The van der Waals surface area contributed by atoms with Gasteiger partial charge in [0.05, 0.1) is 6.04 Å². The molecule has 0 aliphatic rings. The Hall–Kier alpha value is -1.53. The van der Waals surface area contributed by atoms with Crippen LogP contribution in [0.25, 0.3) is 0 Å². The van der Waals surface area contributed by atoms with Gasteiger partial charge in [0, 0.05) is 4.88 Å². The maximum absolute atomic E-state index is 12.1. The highest BCUT2D eigenvalue weighted by Gasteiger charge is 2.31. The van der Waals surface area contributed by atoms with E-state index in [1.165, 1.54) is 29.5 Å². The lowest BCUT2D eigenvalue weighted by atomic mass is 10.1. The zero-order chi connectivity index (χ0) is 13.2. The fourth-order valence-electron chi connectivity index (χ4n) is 1.54. The molecule has 0 bridgehead atoms. The van der Waals surface area contributed by atoms with Gasteiger partial charge in [0.1, 0.15) is 5.75 Å². The van der Waals surface area contributed by atoms with Crippen molar-refractivity contribution in [2.75, 3.05) is 0 Å². The molecule has 0 unspecified atom stereocenters. The van der Waals surface area contributed by atoms with Crippen molar-refractivity contribution in [1.29, 1.82) is 0 Å². The van der Waals surface area contributed by atoms with Gasteiger partial charge in [-0.2, -0.15) is 0 Å². The summed E-state index contributed by atoms with van der Waals surface area (Å²) in [5, 5.41) is 1.87. The molecule has 0 fully saturated rings. The fourth-order valence-corrected chi connectivity index (χ4v) is 2.29. The van der Waals surface area contributed by atoms with Gasteiger partial charge in [-0.25, -0.2) is 0 Å². The Labute approximate surface area is 106 Å². The van der Waals surface area contributed by atoms with Crippen LogP contribution in [0.3, 0.4) is 0 Å². The van der Waals surface area contributed by atoms with Crippen LogP contribution >= 0.6 is 11.3 Å². The van der Waals surface area contributed by atoms with Crippen molar-refractivity contribution in [3.63, 3.8) is 0 Å². The van der Waals surface area contributed by atoms with Crippen LogP contribution < -0.4 is 10.5 Å². The van der Waals surface area contributed by atoms with Crippen molar-refractivity contribution >= 4 is 11.3 Å². The summed E-state index contributed by atoms with van der Waals surface area (Å²) in [6.07, 6.45) is -4.69. The maximum Gasteiger partial charge on any atom is 0.573 e. The van der Waals surface area contributed by atoms with E-state index in [2.05, 4.69) is 4.74 Å². The molecule has 2 nitrogen and oxygen atoms in total. The van der Waals surface area contributed by atoms with Gasteiger partial charge in [-0.05, 0) is 29.1 Å². The summed E-state index contributed by atoms with van der Waals surface area (Å²) in [6, 6.07) is 8.96. The molecule has 0 amide bonds. The van der Waals surface area contributed by atoms with Gasteiger partial charge < -0.3 is 10.5 Å². The van der Waals surface area contributed by atoms with E-state index in [1.807, 2.05) is 17.5 Å². The number of alkyl halides is 3. The average molecular weight is 273 g/mol. The second-order valence-corrected chi connectivity index (χ2v) is 4.59. The molecule has 1 aromatic heterocycles. The quantitative estimate of drug-likeness (QED) is 0.925. The van der Waals surface area contributed by atoms with E-state index in [0.29, 0.717) is 5.56 Å². The predicted molar refractivity (Wildman–Crippen MR) is 63.5 cm³/mol. The number of hydrogen-bond donors (Lipinski definition) is 1. The van der Waals surface area contributed by atoms with Gasteiger partial charge in [0.2, 0.25) is 0 Å². The van der Waals surface area contributed by atoms with E-state index in [-0.39, 0.29) is 5.75 Å². The lowest BCUT2D eigenvalue weighted by molar-refractivity contribution is -0.274. The minimum Gasteiger partial charge on any atom is -0.406 e. The summed E-state index contributed by atoms with van der Waals surface area (Å²) in [7, 11) is 0. The molecule has 0 saturated heterocycles. The first-order valence-electron chi connectivity index (χ1n) is 5.10. The molecule has 1 atom stereocenters. The number of halogens is 3. The van der Waals surface area contributed by atoms with E-state index in [1.54, 1.807) is 6.07 Å². The van der Waals surface area contributed by atoms with E-state index in [0.717, 1.165) is 4.88 Å². The molecule has 0 aliphatic carbocycles. The van der Waals surface area contributed by atoms with Gasteiger partial charge in [-0.1, -0.05) is 18.2 Å². The monoisotopic (exact) mass is 273 g/mol.